The molecule has 0 amide bonds. The minimum absolute atomic E-state index is 0.160. The van der Waals surface area contributed by atoms with Crippen LogP contribution < -0.4 is 0 Å². The molecule has 22 heavy (non-hydrogen) atoms. The Hall–Kier alpha value is -1.01. The summed E-state index contributed by atoms with van der Waals surface area (Å²) in [5.74, 6) is 0. The van der Waals surface area contributed by atoms with E-state index in [4.69, 9.17) is 9.72 Å². The largest absolute Gasteiger partial charge is 0.389 e. The van der Waals surface area contributed by atoms with E-state index in [1.54, 1.807) is 11.3 Å². The van der Waals surface area contributed by atoms with E-state index in [9.17, 15) is 5.11 Å². The Labute approximate surface area is 135 Å². The fourth-order valence-electron chi connectivity index (χ4n) is 2.98. The highest BCUT2D eigenvalue weighted by atomic mass is 32.1. The van der Waals surface area contributed by atoms with E-state index in [-0.39, 0.29) is 6.10 Å². The lowest BCUT2D eigenvalue weighted by Gasteiger charge is -2.25. The Morgan fingerprint density at radius 1 is 1.41 bits per heavy atom. The lowest BCUT2D eigenvalue weighted by atomic mass is 10.2. The predicted molar refractivity (Wildman–Crippen MR) is 90.3 cm³/mol. The molecule has 1 aromatic heterocycles. The van der Waals surface area contributed by atoms with Crippen LogP contribution in [0.25, 0.3) is 10.2 Å². The first kappa shape index (κ1) is 15.9. The van der Waals surface area contributed by atoms with Gasteiger partial charge in [0.05, 0.1) is 35.1 Å². The second-order valence-corrected chi connectivity index (χ2v) is 7.27. The molecule has 2 unspecified atom stereocenters. The molecular weight excluding hydrogens is 296 g/mol. The number of aliphatic hydroxyl groups is 1. The molecular formula is C17H24N2O2S. The highest BCUT2D eigenvalue weighted by Crippen LogP contribution is 2.36. The van der Waals surface area contributed by atoms with Gasteiger partial charge in [-0.2, -0.15) is 0 Å². The zero-order valence-electron chi connectivity index (χ0n) is 13.2. The summed E-state index contributed by atoms with van der Waals surface area (Å²) in [7, 11) is 0. The van der Waals surface area contributed by atoms with Crippen LogP contribution in [0.15, 0.2) is 24.3 Å². The summed E-state index contributed by atoms with van der Waals surface area (Å²) in [6.07, 6.45) is 2.02. The lowest BCUT2D eigenvalue weighted by molar-refractivity contribution is -0.0101. The van der Waals surface area contributed by atoms with Gasteiger partial charge in [-0.25, -0.2) is 4.98 Å². The number of thiazole rings is 1. The fourth-order valence-corrected chi connectivity index (χ4v) is 4.12. The maximum Gasteiger partial charge on any atom is 0.111 e. The zero-order valence-corrected chi connectivity index (χ0v) is 14.1. The first-order chi connectivity index (χ1) is 10.6. The van der Waals surface area contributed by atoms with E-state index < -0.39 is 6.10 Å². The fraction of sp³-hybridized carbons (Fsp3) is 0.588. The number of para-hydroxylation sites is 1. The average Bonchev–Trinajstić information content (AvgIpc) is 3.10. The molecule has 0 aliphatic carbocycles. The van der Waals surface area contributed by atoms with Gasteiger partial charge in [0.15, 0.2) is 0 Å². The molecule has 2 atom stereocenters. The normalized spacial score (nSPS) is 21.0. The third kappa shape index (κ3) is 3.66. The number of likely N-dealkylation sites (tertiary alicyclic amines) is 1. The third-order valence-electron chi connectivity index (χ3n) is 4.03. The summed E-state index contributed by atoms with van der Waals surface area (Å²) in [5.41, 5.74) is 1.08. The van der Waals surface area contributed by atoms with Crippen molar-refractivity contribution in [2.24, 2.45) is 0 Å². The van der Waals surface area contributed by atoms with Gasteiger partial charge in [0.2, 0.25) is 0 Å². The van der Waals surface area contributed by atoms with Crippen LogP contribution in [0.4, 0.5) is 0 Å². The molecule has 0 radical (unpaired) electrons. The van der Waals surface area contributed by atoms with Crippen molar-refractivity contribution in [1.82, 2.24) is 9.88 Å². The van der Waals surface area contributed by atoms with Crippen LogP contribution in [-0.2, 0) is 4.74 Å². The molecule has 1 fully saturated rings. The standard InChI is InChI=1S/C17H24N2O2S/c1-12(2)21-11-13(20)10-19-9-5-7-15(19)17-18-14-6-3-4-8-16(14)22-17/h3-4,6,8,12-13,15,20H,5,7,9-11H2,1-2H3. The Morgan fingerprint density at radius 3 is 3.00 bits per heavy atom. The monoisotopic (exact) mass is 320 g/mol. The maximum atomic E-state index is 10.2. The van der Waals surface area contributed by atoms with Gasteiger partial charge < -0.3 is 9.84 Å². The molecule has 3 rings (SSSR count). The van der Waals surface area contributed by atoms with Gasteiger partial charge in [-0.3, -0.25) is 4.90 Å². The Morgan fingerprint density at radius 2 is 2.23 bits per heavy atom. The first-order valence-corrected chi connectivity index (χ1v) is 8.84. The van der Waals surface area contributed by atoms with Crippen molar-refractivity contribution in [3.05, 3.63) is 29.3 Å². The van der Waals surface area contributed by atoms with Gasteiger partial charge in [-0.15, -0.1) is 11.3 Å². The van der Waals surface area contributed by atoms with Crippen molar-refractivity contribution < 1.29 is 9.84 Å². The summed E-state index contributed by atoms with van der Waals surface area (Å²) in [6.45, 7) is 6.08. The molecule has 1 N–H and O–H groups in total. The van der Waals surface area contributed by atoms with Gasteiger partial charge in [-0.05, 0) is 45.4 Å². The van der Waals surface area contributed by atoms with Crippen molar-refractivity contribution >= 4 is 21.6 Å². The molecule has 2 heterocycles. The molecule has 120 valence electrons. The zero-order chi connectivity index (χ0) is 15.5. The lowest BCUT2D eigenvalue weighted by Crippen LogP contribution is -2.35. The highest BCUT2D eigenvalue weighted by molar-refractivity contribution is 7.18. The number of β-amino-alcohol motifs (C(OH)–C–C–N with tert-alkyl or cyclic N) is 1. The van der Waals surface area contributed by atoms with E-state index in [0.717, 1.165) is 18.5 Å². The Kier molecular flexibility index (Phi) is 5.08. The number of benzene rings is 1. The van der Waals surface area contributed by atoms with Crippen molar-refractivity contribution in [2.75, 3.05) is 19.7 Å². The summed E-state index contributed by atoms with van der Waals surface area (Å²) in [4.78, 5) is 7.14. The molecule has 1 aliphatic heterocycles. The topological polar surface area (TPSA) is 45.6 Å². The predicted octanol–water partition coefficient (Wildman–Crippen LogP) is 3.22. The second-order valence-electron chi connectivity index (χ2n) is 6.21. The van der Waals surface area contributed by atoms with Crippen LogP contribution in [0.1, 0.15) is 37.7 Å². The second kappa shape index (κ2) is 7.04. The molecule has 1 saturated heterocycles. The quantitative estimate of drug-likeness (QED) is 0.888. The van der Waals surface area contributed by atoms with Gasteiger partial charge >= 0.3 is 0 Å². The van der Waals surface area contributed by atoms with Gasteiger partial charge in [0.1, 0.15) is 5.01 Å². The van der Waals surface area contributed by atoms with Gasteiger partial charge in [0.25, 0.3) is 0 Å². The number of hydrogen-bond acceptors (Lipinski definition) is 5. The van der Waals surface area contributed by atoms with Gasteiger partial charge in [-0.1, -0.05) is 12.1 Å². The number of ether oxygens (including phenoxy) is 1. The number of nitrogens with zero attached hydrogens (tertiary/aromatic N) is 2. The Balaban J connectivity index is 1.67. The van der Waals surface area contributed by atoms with Gasteiger partial charge in [0, 0.05) is 6.54 Å². The van der Waals surface area contributed by atoms with E-state index in [1.165, 1.54) is 16.1 Å². The number of aromatic nitrogens is 1. The number of aliphatic hydroxyl groups excluding tert-OH is 1. The van der Waals surface area contributed by atoms with Crippen molar-refractivity contribution in [2.45, 2.75) is 44.9 Å². The molecule has 2 aromatic rings. The van der Waals surface area contributed by atoms with Crippen LogP contribution in [0.3, 0.4) is 0 Å². The molecule has 1 aliphatic rings. The number of rotatable bonds is 6. The van der Waals surface area contributed by atoms with E-state index in [1.807, 2.05) is 19.9 Å². The number of fused-ring (bicyclic) bond motifs is 1. The third-order valence-corrected chi connectivity index (χ3v) is 5.16. The molecule has 5 heteroatoms. The van der Waals surface area contributed by atoms with Crippen molar-refractivity contribution in [3.8, 4) is 0 Å². The number of hydrogen-bond donors (Lipinski definition) is 1. The Bertz CT molecular complexity index is 580. The first-order valence-electron chi connectivity index (χ1n) is 8.02. The molecule has 4 nitrogen and oxygen atoms in total. The summed E-state index contributed by atoms with van der Waals surface area (Å²) in [5, 5.41) is 11.4. The van der Waals surface area contributed by atoms with E-state index in [0.29, 0.717) is 19.2 Å². The minimum Gasteiger partial charge on any atom is -0.389 e. The summed E-state index contributed by atoms with van der Waals surface area (Å²) >= 11 is 1.78. The molecule has 0 saturated carbocycles. The van der Waals surface area contributed by atoms with Crippen LogP contribution >= 0.6 is 11.3 Å². The molecule has 0 spiro atoms. The maximum absolute atomic E-state index is 10.2. The summed E-state index contributed by atoms with van der Waals surface area (Å²) < 4.78 is 6.76. The van der Waals surface area contributed by atoms with Crippen LogP contribution in [0.2, 0.25) is 0 Å². The molecule has 0 bridgehead atoms. The minimum atomic E-state index is -0.433. The molecule has 1 aromatic carbocycles. The van der Waals surface area contributed by atoms with Crippen molar-refractivity contribution in [3.63, 3.8) is 0 Å². The van der Waals surface area contributed by atoms with Crippen LogP contribution in [0.5, 0.6) is 0 Å². The smallest absolute Gasteiger partial charge is 0.111 e. The van der Waals surface area contributed by atoms with E-state index in [2.05, 4.69) is 23.1 Å². The van der Waals surface area contributed by atoms with Crippen LogP contribution in [-0.4, -0.2) is 46.9 Å². The van der Waals surface area contributed by atoms with E-state index >= 15 is 0 Å². The average molecular weight is 320 g/mol. The summed E-state index contributed by atoms with van der Waals surface area (Å²) in [6, 6.07) is 8.63. The highest BCUT2D eigenvalue weighted by Gasteiger charge is 2.30. The van der Waals surface area contributed by atoms with Crippen LogP contribution in [0, 0.1) is 0 Å². The SMILES string of the molecule is CC(C)OCC(O)CN1CCCC1c1nc2ccccc2s1. The van der Waals surface area contributed by atoms with Crippen molar-refractivity contribution in [1.29, 1.82) is 0 Å².